The van der Waals surface area contributed by atoms with Crippen LogP contribution in [0, 0.1) is 6.92 Å². The highest BCUT2D eigenvalue weighted by atomic mass is 19.4. The number of aryl methyl sites for hydroxylation is 1. The molecule has 1 N–H and O–H groups in total. The molecular weight excluding hydrogens is 259 g/mol. The number of aromatic amines is 1. The number of H-pyrrole nitrogens is 1. The Labute approximate surface area is 107 Å². The highest BCUT2D eigenvalue weighted by Gasteiger charge is 2.37. The number of aromatic nitrogens is 3. The Morgan fingerprint density at radius 1 is 1.42 bits per heavy atom. The molecule has 0 aliphatic heterocycles. The van der Waals surface area contributed by atoms with Crippen molar-refractivity contribution in [3.8, 4) is 0 Å². The standard InChI is InChI=1S/C12H14F3N3O/c1-3-4-5-18-10(19)8-6-7(2)16-9(8)17-11(18)12(13,14)15/h6,16H,3-5H2,1-2H3. The second-order valence-electron chi connectivity index (χ2n) is 4.46. The normalized spacial score (nSPS) is 12.3. The summed E-state index contributed by atoms with van der Waals surface area (Å²) in [7, 11) is 0. The molecule has 0 spiro atoms. The molecule has 2 aromatic rings. The summed E-state index contributed by atoms with van der Waals surface area (Å²) in [5, 5.41) is 0.196. The maximum Gasteiger partial charge on any atom is 0.449 e. The number of halogens is 3. The van der Waals surface area contributed by atoms with Crippen LogP contribution in [0.4, 0.5) is 13.2 Å². The van der Waals surface area contributed by atoms with Gasteiger partial charge in [0.2, 0.25) is 5.82 Å². The molecule has 0 radical (unpaired) electrons. The largest absolute Gasteiger partial charge is 0.449 e. The molecule has 104 valence electrons. The summed E-state index contributed by atoms with van der Waals surface area (Å²) < 4.78 is 39.6. The molecule has 0 amide bonds. The van der Waals surface area contributed by atoms with Crippen LogP contribution in [0.25, 0.3) is 11.0 Å². The molecule has 0 aliphatic carbocycles. The van der Waals surface area contributed by atoms with Crippen molar-refractivity contribution in [2.24, 2.45) is 0 Å². The number of rotatable bonds is 3. The van der Waals surface area contributed by atoms with E-state index in [0.29, 0.717) is 18.5 Å². The quantitative estimate of drug-likeness (QED) is 0.934. The van der Waals surface area contributed by atoms with E-state index < -0.39 is 17.6 Å². The van der Waals surface area contributed by atoms with Gasteiger partial charge in [0.15, 0.2) is 0 Å². The van der Waals surface area contributed by atoms with Crippen molar-refractivity contribution in [1.82, 2.24) is 14.5 Å². The summed E-state index contributed by atoms with van der Waals surface area (Å²) in [6.07, 6.45) is -3.44. The van der Waals surface area contributed by atoms with Crippen molar-refractivity contribution in [2.45, 2.75) is 39.4 Å². The van der Waals surface area contributed by atoms with Gasteiger partial charge in [-0.1, -0.05) is 13.3 Å². The molecule has 19 heavy (non-hydrogen) atoms. The number of unbranched alkanes of at least 4 members (excludes halogenated alkanes) is 1. The van der Waals surface area contributed by atoms with Gasteiger partial charge in [-0.2, -0.15) is 13.2 Å². The van der Waals surface area contributed by atoms with Gasteiger partial charge in [0.05, 0.1) is 5.39 Å². The zero-order valence-electron chi connectivity index (χ0n) is 10.6. The van der Waals surface area contributed by atoms with E-state index in [2.05, 4.69) is 9.97 Å². The van der Waals surface area contributed by atoms with Crippen LogP contribution in [0.3, 0.4) is 0 Å². The molecule has 2 aromatic heterocycles. The van der Waals surface area contributed by atoms with Gasteiger partial charge in [-0.15, -0.1) is 0 Å². The summed E-state index contributed by atoms with van der Waals surface area (Å²) in [6.45, 7) is 3.55. The number of nitrogens with zero attached hydrogens (tertiary/aromatic N) is 2. The summed E-state index contributed by atoms with van der Waals surface area (Å²) in [6, 6.07) is 1.52. The average molecular weight is 273 g/mol. The van der Waals surface area contributed by atoms with Crippen molar-refractivity contribution >= 4 is 11.0 Å². The molecule has 2 rings (SSSR count). The SMILES string of the molecule is CCCCn1c(C(F)(F)F)nc2[nH]c(C)cc2c1=O. The van der Waals surface area contributed by atoms with Crippen molar-refractivity contribution in [3.63, 3.8) is 0 Å². The molecule has 0 aromatic carbocycles. The first-order valence-electron chi connectivity index (χ1n) is 6.02. The van der Waals surface area contributed by atoms with Gasteiger partial charge in [0.25, 0.3) is 5.56 Å². The summed E-state index contributed by atoms with van der Waals surface area (Å²) in [4.78, 5) is 18.4. The van der Waals surface area contributed by atoms with Gasteiger partial charge in [0, 0.05) is 12.2 Å². The van der Waals surface area contributed by atoms with Crippen molar-refractivity contribution in [3.05, 3.63) is 27.9 Å². The molecular formula is C12H14F3N3O. The van der Waals surface area contributed by atoms with Gasteiger partial charge >= 0.3 is 6.18 Å². The van der Waals surface area contributed by atoms with Gasteiger partial charge in [-0.05, 0) is 19.4 Å². The third kappa shape index (κ3) is 2.50. The lowest BCUT2D eigenvalue weighted by molar-refractivity contribution is -0.148. The fourth-order valence-electron chi connectivity index (χ4n) is 1.97. The highest BCUT2D eigenvalue weighted by molar-refractivity contribution is 5.75. The van der Waals surface area contributed by atoms with E-state index >= 15 is 0 Å². The molecule has 0 aliphatic rings. The van der Waals surface area contributed by atoms with E-state index in [-0.39, 0.29) is 17.6 Å². The number of hydrogen-bond donors (Lipinski definition) is 1. The Bertz CT molecular complexity index is 655. The predicted octanol–water partition coefficient (Wildman–Crippen LogP) is 2.85. The summed E-state index contributed by atoms with van der Waals surface area (Å²) in [5.74, 6) is -1.14. The van der Waals surface area contributed by atoms with Gasteiger partial charge in [-0.3, -0.25) is 9.36 Å². The molecule has 0 saturated carbocycles. The smallest absolute Gasteiger partial charge is 0.343 e. The zero-order chi connectivity index (χ0) is 14.2. The molecule has 0 saturated heterocycles. The van der Waals surface area contributed by atoms with Crippen LogP contribution in [-0.2, 0) is 12.7 Å². The minimum absolute atomic E-state index is 0.0115. The first kappa shape index (κ1) is 13.6. The first-order valence-corrected chi connectivity index (χ1v) is 6.02. The first-order chi connectivity index (χ1) is 8.84. The third-order valence-corrected chi connectivity index (χ3v) is 2.87. The van der Waals surface area contributed by atoms with Crippen molar-refractivity contribution in [1.29, 1.82) is 0 Å². The van der Waals surface area contributed by atoms with Crippen LogP contribution >= 0.6 is 0 Å². The van der Waals surface area contributed by atoms with Gasteiger partial charge in [0.1, 0.15) is 5.65 Å². The maximum atomic E-state index is 13.0. The molecule has 4 nitrogen and oxygen atoms in total. The van der Waals surface area contributed by atoms with E-state index in [1.807, 2.05) is 6.92 Å². The lowest BCUT2D eigenvalue weighted by Gasteiger charge is -2.13. The van der Waals surface area contributed by atoms with Crippen LogP contribution < -0.4 is 5.56 Å². The molecule has 2 heterocycles. The fraction of sp³-hybridized carbons (Fsp3) is 0.500. The number of hydrogen-bond acceptors (Lipinski definition) is 2. The van der Waals surface area contributed by atoms with E-state index in [9.17, 15) is 18.0 Å². The van der Waals surface area contributed by atoms with Crippen LogP contribution in [0.15, 0.2) is 10.9 Å². The summed E-state index contributed by atoms with van der Waals surface area (Å²) >= 11 is 0. The lowest BCUT2D eigenvalue weighted by atomic mass is 10.3. The maximum absolute atomic E-state index is 13.0. The van der Waals surface area contributed by atoms with Crippen molar-refractivity contribution < 1.29 is 13.2 Å². The number of alkyl halides is 3. The van der Waals surface area contributed by atoms with Gasteiger partial charge in [-0.25, -0.2) is 4.98 Å². The topological polar surface area (TPSA) is 50.7 Å². The van der Waals surface area contributed by atoms with E-state index in [0.717, 1.165) is 4.57 Å². The van der Waals surface area contributed by atoms with Crippen molar-refractivity contribution in [2.75, 3.05) is 0 Å². The minimum atomic E-state index is -4.64. The molecule has 7 heteroatoms. The fourth-order valence-corrected chi connectivity index (χ4v) is 1.97. The van der Waals surface area contributed by atoms with Crippen LogP contribution in [0.1, 0.15) is 31.3 Å². The zero-order valence-corrected chi connectivity index (χ0v) is 10.6. The Morgan fingerprint density at radius 2 is 2.11 bits per heavy atom. The highest BCUT2D eigenvalue weighted by Crippen LogP contribution is 2.28. The summed E-state index contributed by atoms with van der Waals surface area (Å²) in [5.41, 5.74) is -0.0429. The monoisotopic (exact) mass is 273 g/mol. The molecule has 0 unspecified atom stereocenters. The van der Waals surface area contributed by atoms with E-state index in [1.165, 1.54) is 6.07 Å². The second-order valence-corrected chi connectivity index (χ2v) is 4.46. The number of fused-ring (bicyclic) bond motifs is 1. The Balaban J connectivity index is 2.72. The third-order valence-electron chi connectivity index (χ3n) is 2.87. The second kappa shape index (κ2) is 4.71. The predicted molar refractivity (Wildman–Crippen MR) is 65.0 cm³/mol. The lowest BCUT2D eigenvalue weighted by Crippen LogP contribution is -2.29. The Hall–Kier alpha value is -1.79. The molecule has 0 fully saturated rings. The molecule has 0 bridgehead atoms. The van der Waals surface area contributed by atoms with E-state index in [4.69, 9.17) is 0 Å². The Kier molecular flexibility index (Phi) is 3.38. The molecule has 0 atom stereocenters. The van der Waals surface area contributed by atoms with Crippen LogP contribution in [-0.4, -0.2) is 14.5 Å². The van der Waals surface area contributed by atoms with Gasteiger partial charge < -0.3 is 4.98 Å². The Morgan fingerprint density at radius 3 is 2.68 bits per heavy atom. The number of nitrogens with one attached hydrogen (secondary N) is 1. The average Bonchev–Trinajstić information content (AvgIpc) is 2.67. The minimum Gasteiger partial charge on any atom is -0.343 e. The van der Waals surface area contributed by atoms with E-state index in [1.54, 1.807) is 6.92 Å². The van der Waals surface area contributed by atoms with Crippen LogP contribution in [0.5, 0.6) is 0 Å². The van der Waals surface area contributed by atoms with Crippen LogP contribution in [0.2, 0.25) is 0 Å².